The zero-order chi connectivity index (χ0) is 20.5. The first-order chi connectivity index (χ1) is 14.0. The Morgan fingerprint density at radius 2 is 2.07 bits per heavy atom. The van der Waals surface area contributed by atoms with Gasteiger partial charge in [-0.05, 0) is 44.5 Å². The molecule has 2 amide bonds. The topological polar surface area (TPSA) is 65.5 Å². The lowest BCUT2D eigenvalue weighted by Gasteiger charge is -2.17. The van der Waals surface area contributed by atoms with Crippen LogP contribution in [0.3, 0.4) is 0 Å². The van der Waals surface area contributed by atoms with Crippen molar-refractivity contribution in [2.45, 2.75) is 26.7 Å². The van der Waals surface area contributed by atoms with Crippen LogP contribution in [0, 0.1) is 0 Å². The van der Waals surface area contributed by atoms with E-state index in [1.165, 1.54) is 11.3 Å². The first kappa shape index (κ1) is 20.1. The molecule has 9 heteroatoms. The molecule has 0 spiro atoms. The minimum absolute atomic E-state index is 0.0955. The number of hydrogen-bond acceptors (Lipinski definition) is 6. The lowest BCUT2D eigenvalue weighted by molar-refractivity contribution is -0.117. The normalized spacial score (nSPS) is 14.0. The summed E-state index contributed by atoms with van der Waals surface area (Å²) in [6.07, 6.45) is 1.40. The number of fused-ring (bicyclic) bond motifs is 1. The van der Waals surface area contributed by atoms with E-state index >= 15 is 0 Å². The van der Waals surface area contributed by atoms with Crippen molar-refractivity contribution in [3.8, 4) is 0 Å². The third kappa shape index (κ3) is 3.97. The number of benzene rings is 1. The SMILES string of the molecule is CCN(CC)c1nc2sc(C(=O)Nc3cc(N4CCCC4=O)ccc3Cl)cc2s1. The first-order valence-corrected chi connectivity index (χ1v) is 11.6. The molecule has 1 fully saturated rings. The fraction of sp³-hybridized carbons (Fsp3) is 0.350. The fourth-order valence-corrected chi connectivity index (χ4v) is 5.75. The number of carbonyl (C=O) groups excluding carboxylic acids is 2. The van der Waals surface area contributed by atoms with Gasteiger partial charge >= 0.3 is 0 Å². The molecule has 0 radical (unpaired) electrons. The number of nitrogens with zero attached hydrogens (tertiary/aromatic N) is 3. The fourth-order valence-electron chi connectivity index (χ4n) is 3.35. The van der Waals surface area contributed by atoms with Crippen molar-refractivity contribution in [2.24, 2.45) is 0 Å². The van der Waals surface area contributed by atoms with Crippen LogP contribution in [-0.2, 0) is 4.79 Å². The van der Waals surface area contributed by atoms with Crippen molar-refractivity contribution in [2.75, 3.05) is 34.8 Å². The predicted molar refractivity (Wildman–Crippen MR) is 122 cm³/mol. The van der Waals surface area contributed by atoms with Gasteiger partial charge in [-0.3, -0.25) is 9.59 Å². The number of nitrogens with one attached hydrogen (secondary N) is 1. The van der Waals surface area contributed by atoms with Gasteiger partial charge < -0.3 is 15.1 Å². The van der Waals surface area contributed by atoms with Crippen LogP contribution < -0.4 is 15.1 Å². The van der Waals surface area contributed by atoms with Gasteiger partial charge in [-0.1, -0.05) is 22.9 Å². The summed E-state index contributed by atoms with van der Waals surface area (Å²) in [5.74, 6) is -0.130. The van der Waals surface area contributed by atoms with Crippen molar-refractivity contribution in [1.82, 2.24) is 4.98 Å². The molecule has 0 saturated carbocycles. The third-order valence-corrected chi connectivity index (χ3v) is 7.47. The summed E-state index contributed by atoms with van der Waals surface area (Å²) < 4.78 is 1.00. The van der Waals surface area contributed by atoms with Crippen LogP contribution in [0.25, 0.3) is 9.53 Å². The number of carbonyl (C=O) groups is 2. The number of hydrogen-bond donors (Lipinski definition) is 1. The van der Waals surface area contributed by atoms with Crippen LogP contribution in [-0.4, -0.2) is 36.4 Å². The molecular weight excluding hydrogens is 428 g/mol. The molecule has 29 heavy (non-hydrogen) atoms. The standard InChI is InChI=1S/C20H21ClN4O2S2/c1-3-24(4-2)20-23-19-16(29-20)11-15(28-19)18(27)22-14-10-12(7-8-13(14)21)25-9-5-6-17(25)26/h7-8,10-11H,3-6,9H2,1-2H3,(H,22,27). The van der Waals surface area contributed by atoms with E-state index in [-0.39, 0.29) is 11.8 Å². The number of aromatic nitrogens is 1. The van der Waals surface area contributed by atoms with Crippen LogP contribution in [0.5, 0.6) is 0 Å². The number of thiazole rings is 1. The maximum Gasteiger partial charge on any atom is 0.265 e. The van der Waals surface area contributed by atoms with Crippen molar-refractivity contribution in [3.05, 3.63) is 34.2 Å². The molecule has 1 aliphatic heterocycles. The minimum Gasteiger partial charge on any atom is -0.349 e. The van der Waals surface area contributed by atoms with E-state index in [0.29, 0.717) is 28.6 Å². The second-order valence-corrected chi connectivity index (χ2v) is 9.16. The zero-order valence-corrected chi connectivity index (χ0v) is 18.6. The molecule has 1 saturated heterocycles. The predicted octanol–water partition coefficient (Wildman–Crippen LogP) is 5.24. The van der Waals surface area contributed by atoms with Gasteiger partial charge in [0.15, 0.2) is 5.13 Å². The molecule has 1 aliphatic rings. The first-order valence-electron chi connectivity index (χ1n) is 9.56. The molecule has 3 aromatic rings. The quantitative estimate of drug-likeness (QED) is 0.560. The molecule has 1 aromatic carbocycles. The van der Waals surface area contributed by atoms with E-state index in [2.05, 4.69) is 29.0 Å². The van der Waals surface area contributed by atoms with E-state index in [4.69, 9.17) is 11.6 Å². The molecule has 6 nitrogen and oxygen atoms in total. The Hall–Kier alpha value is -2.16. The summed E-state index contributed by atoms with van der Waals surface area (Å²) in [5, 5.41) is 4.30. The van der Waals surface area contributed by atoms with E-state index < -0.39 is 0 Å². The number of halogens is 1. The maximum absolute atomic E-state index is 12.8. The smallest absolute Gasteiger partial charge is 0.265 e. The Bertz CT molecular complexity index is 1040. The van der Waals surface area contributed by atoms with Crippen molar-refractivity contribution in [1.29, 1.82) is 0 Å². The Kier molecular flexibility index (Phi) is 5.76. The summed E-state index contributed by atoms with van der Waals surface area (Å²) in [6.45, 7) is 6.70. The molecule has 152 valence electrons. The number of anilines is 3. The van der Waals surface area contributed by atoms with Gasteiger partial charge in [0, 0.05) is 31.7 Å². The number of thiophene rings is 1. The van der Waals surface area contributed by atoms with Crippen LogP contribution in [0.2, 0.25) is 5.02 Å². The summed E-state index contributed by atoms with van der Waals surface area (Å²) in [6, 6.07) is 7.15. The Morgan fingerprint density at radius 3 is 2.72 bits per heavy atom. The molecule has 0 unspecified atom stereocenters. The highest BCUT2D eigenvalue weighted by Gasteiger charge is 2.23. The Morgan fingerprint density at radius 1 is 1.28 bits per heavy atom. The highest BCUT2D eigenvalue weighted by atomic mass is 35.5. The van der Waals surface area contributed by atoms with E-state index in [1.807, 2.05) is 6.07 Å². The van der Waals surface area contributed by atoms with Gasteiger partial charge in [-0.15, -0.1) is 11.3 Å². The van der Waals surface area contributed by atoms with Crippen LogP contribution in [0.4, 0.5) is 16.5 Å². The van der Waals surface area contributed by atoms with E-state index in [1.54, 1.807) is 34.4 Å². The van der Waals surface area contributed by atoms with Gasteiger partial charge in [0.05, 0.1) is 20.3 Å². The lowest BCUT2D eigenvalue weighted by Crippen LogP contribution is -2.23. The zero-order valence-electron chi connectivity index (χ0n) is 16.2. The second kappa shape index (κ2) is 8.30. The molecular formula is C20H21ClN4O2S2. The van der Waals surface area contributed by atoms with Gasteiger partial charge in [0.25, 0.3) is 5.91 Å². The molecule has 0 bridgehead atoms. The lowest BCUT2D eigenvalue weighted by atomic mass is 10.2. The number of amides is 2. The van der Waals surface area contributed by atoms with Crippen molar-refractivity contribution >= 4 is 72.1 Å². The van der Waals surface area contributed by atoms with Gasteiger partial charge in [0.2, 0.25) is 5.91 Å². The van der Waals surface area contributed by atoms with Crippen LogP contribution in [0.15, 0.2) is 24.3 Å². The Balaban J connectivity index is 1.54. The minimum atomic E-state index is -0.226. The van der Waals surface area contributed by atoms with Crippen molar-refractivity contribution in [3.63, 3.8) is 0 Å². The molecule has 0 atom stereocenters. The third-order valence-electron chi connectivity index (χ3n) is 4.92. The second-order valence-electron chi connectivity index (χ2n) is 6.72. The highest BCUT2D eigenvalue weighted by Crippen LogP contribution is 2.36. The average Bonchev–Trinajstić information content (AvgIpc) is 3.39. The number of rotatable bonds is 6. The van der Waals surface area contributed by atoms with Crippen LogP contribution in [0.1, 0.15) is 36.4 Å². The van der Waals surface area contributed by atoms with E-state index in [9.17, 15) is 9.59 Å². The molecule has 4 rings (SSSR count). The molecule has 2 aromatic heterocycles. The van der Waals surface area contributed by atoms with Gasteiger partial charge in [-0.2, -0.15) is 0 Å². The van der Waals surface area contributed by atoms with E-state index in [0.717, 1.165) is 39.9 Å². The maximum atomic E-state index is 12.8. The average molecular weight is 449 g/mol. The summed E-state index contributed by atoms with van der Waals surface area (Å²) in [4.78, 5) is 34.8. The summed E-state index contributed by atoms with van der Waals surface area (Å²) >= 11 is 9.25. The van der Waals surface area contributed by atoms with Gasteiger partial charge in [-0.25, -0.2) is 4.98 Å². The van der Waals surface area contributed by atoms with Crippen molar-refractivity contribution < 1.29 is 9.59 Å². The summed E-state index contributed by atoms with van der Waals surface area (Å²) in [5.41, 5.74) is 1.26. The molecule has 0 aliphatic carbocycles. The van der Waals surface area contributed by atoms with Crippen LogP contribution >= 0.6 is 34.3 Å². The molecule has 1 N–H and O–H groups in total. The monoisotopic (exact) mass is 448 g/mol. The van der Waals surface area contributed by atoms with Gasteiger partial charge in [0.1, 0.15) is 4.83 Å². The Labute approximate surface area is 182 Å². The largest absolute Gasteiger partial charge is 0.349 e. The summed E-state index contributed by atoms with van der Waals surface area (Å²) in [7, 11) is 0. The molecule has 3 heterocycles. The highest BCUT2D eigenvalue weighted by molar-refractivity contribution is 7.29.